The Hall–Kier alpha value is -3.17. The Bertz CT molecular complexity index is 948. The summed E-state index contributed by atoms with van der Waals surface area (Å²) in [4.78, 5) is 15.7. The molecule has 1 fully saturated rings. The summed E-state index contributed by atoms with van der Waals surface area (Å²) in [6.07, 6.45) is 2.36. The molecule has 3 nitrogen and oxygen atoms in total. The maximum atomic E-state index is 13.4. The van der Waals surface area contributed by atoms with Gasteiger partial charge in [-0.15, -0.1) is 6.58 Å². The highest BCUT2D eigenvalue weighted by atomic mass is 16.5. The summed E-state index contributed by atoms with van der Waals surface area (Å²) in [5.41, 5.74) is 2.65. The number of rotatable bonds is 8. The van der Waals surface area contributed by atoms with Gasteiger partial charge in [-0.1, -0.05) is 97.1 Å². The average molecular weight is 398 g/mol. The van der Waals surface area contributed by atoms with E-state index in [-0.39, 0.29) is 18.1 Å². The van der Waals surface area contributed by atoms with Gasteiger partial charge in [0, 0.05) is 0 Å². The van der Waals surface area contributed by atoms with Gasteiger partial charge in [-0.2, -0.15) is 0 Å². The second kappa shape index (κ2) is 8.68. The van der Waals surface area contributed by atoms with Gasteiger partial charge < -0.3 is 4.74 Å². The summed E-state index contributed by atoms with van der Waals surface area (Å²) < 4.78 is 5.60. The third-order valence-corrected chi connectivity index (χ3v) is 5.83. The summed E-state index contributed by atoms with van der Waals surface area (Å²) in [6, 6.07) is 30.8. The first-order chi connectivity index (χ1) is 14.7. The molecule has 3 atom stereocenters. The molecular formula is C27H27NO2. The molecule has 3 heteroatoms. The van der Waals surface area contributed by atoms with E-state index in [1.54, 1.807) is 0 Å². The summed E-state index contributed by atoms with van der Waals surface area (Å²) in [6.45, 7) is 6.17. The summed E-state index contributed by atoms with van der Waals surface area (Å²) in [5.74, 6) is -0.185. The number of hydrogen-bond donors (Lipinski definition) is 0. The van der Waals surface area contributed by atoms with E-state index < -0.39 is 5.54 Å². The number of hydrogen-bond acceptors (Lipinski definition) is 3. The van der Waals surface area contributed by atoms with Crippen molar-refractivity contribution in [2.75, 3.05) is 6.61 Å². The molecule has 0 saturated carbocycles. The molecule has 1 aliphatic rings. The maximum absolute atomic E-state index is 13.4. The van der Waals surface area contributed by atoms with Crippen LogP contribution in [0.5, 0.6) is 0 Å². The van der Waals surface area contributed by atoms with Crippen LogP contribution >= 0.6 is 0 Å². The molecule has 1 heterocycles. The zero-order chi connectivity index (χ0) is 21.0. The van der Waals surface area contributed by atoms with Crippen LogP contribution in [0.2, 0.25) is 0 Å². The van der Waals surface area contributed by atoms with E-state index in [4.69, 9.17) is 4.74 Å². The fraction of sp³-hybridized carbons (Fsp3) is 0.222. The van der Waals surface area contributed by atoms with Crippen molar-refractivity contribution in [2.45, 2.75) is 31.0 Å². The Morgan fingerprint density at radius 3 is 1.93 bits per heavy atom. The van der Waals surface area contributed by atoms with Crippen molar-refractivity contribution in [1.82, 2.24) is 4.90 Å². The topological polar surface area (TPSA) is 29.3 Å². The van der Waals surface area contributed by atoms with Gasteiger partial charge in [0.2, 0.25) is 0 Å². The van der Waals surface area contributed by atoms with Crippen LogP contribution in [0, 0.1) is 0 Å². The lowest BCUT2D eigenvalue weighted by Crippen LogP contribution is -2.33. The fourth-order valence-corrected chi connectivity index (χ4v) is 4.58. The molecule has 1 aliphatic heterocycles. The molecule has 0 spiro atoms. The van der Waals surface area contributed by atoms with Crippen molar-refractivity contribution >= 4 is 5.97 Å². The predicted molar refractivity (Wildman–Crippen MR) is 120 cm³/mol. The highest BCUT2D eigenvalue weighted by Crippen LogP contribution is 2.62. The molecule has 0 bridgehead atoms. The van der Waals surface area contributed by atoms with Gasteiger partial charge in [0.05, 0.1) is 18.7 Å². The SMILES string of the molecule is C=CC[C@]1(C(=O)OCC)[C@@H](c2ccccc2)N1C(c1ccccc1)c1ccccc1. The molecule has 1 saturated heterocycles. The zero-order valence-electron chi connectivity index (χ0n) is 17.3. The smallest absolute Gasteiger partial charge is 0.328 e. The molecule has 0 radical (unpaired) electrons. The van der Waals surface area contributed by atoms with E-state index in [1.165, 1.54) is 0 Å². The average Bonchev–Trinajstić information content (AvgIpc) is 3.45. The van der Waals surface area contributed by atoms with E-state index in [1.807, 2.05) is 67.6 Å². The van der Waals surface area contributed by atoms with Gasteiger partial charge in [0.15, 0.2) is 0 Å². The van der Waals surface area contributed by atoms with Crippen LogP contribution in [0.1, 0.15) is 42.1 Å². The lowest BCUT2D eigenvalue weighted by atomic mass is 9.95. The van der Waals surface area contributed by atoms with Crippen LogP contribution < -0.4 is 0 Å². The van der Waals surface area contributed by atoms with Crippen LogP contribution in [-0.2, 0) is 9.53 Å². The molecule has 0 amide bonds. The molecule has 3 aromatic rings. The number of nitrogens with zero attached hydrogens (tertiary/aromatic N) is 1. The van der Waals surface area contributed by atoms with Crippen molar-refractivity contribution in [3.05, 3.63) is 120 Å². The minimum absolute atomic E-state index is 0.0676. The number of ether oxygens (including phenoxy) is 1. The first-order valence-electron chi connectivity index (χ1n) is 10.5. The lowest BCUT2D eigenvalue weighted by molar-refractivity contribution is -0.147. The maximum Gasteiger partial charge on any atom is 0.328 e. The van der Waals surface area contributed by atoms with Crippen molar-refractivity contribution in [1.29, 1.82) is 0 Å². The zero-order valence-corrected chi connectivity index (χ0v) is 17.3. The van der Waals surface area contributed by atoms with E-state index >= 15 is 0 Å². The highest BCUT2D eigenvalue weighted by molar-refractivity contribution is 5.87. The van der Waals surface area contributed by atoms with E-state index in [9.17, 15) is 4.79 Å². The molecule has 30 heavy (non-hydrogen) atoms. The quantitative estimate of drug-likeness (QED) is 0.277. The first-order valence-corrected chi connectivity index (χ1v) is 10.5. The Kier molecular flexibility index (Phi) is 5.82. The monoisotopic (exact) mass is 397 g/mol. The highest BCUT2D eigenvalue weighted by Gasteiger charge is 2.70. The first kappa shape index (κ1) is 20.1. The van der Waals surface area contributed by atoms with Crippen molar-refractivity contribution in [3.8, 4) is 0 Å². The van der Waals surface area contributed by atoms with E-state index in [0.717, 1.165) is 16.7 Å². The largest absolute Gasteiger partial charge is 0.465 e. The summed E-state index contributed by atoms with van der Waals surface area (Å²) >= 11 is 0. The van der Waals surface area contributed by atoms with Crippen molar-refractivity contribution in [3.63, 3.8) is 0 Å². The minimum atomic E-state index is -0.768. The summed E-state index contributed by atoms with van der Waals surface area (Å²) in [7, 11) is 0. The number of benzene rings is 3. The Labute approximate surface area is 178 Å². The molecule has 0 N–H and O–H groups in total. The Balaban J connectivity index is 1.88. The molecule has 4 rings (SSSR count). The van der Waals surface area contributed by atoms with Crippen LogP contribution in [0.15, 0.2) is 104 Å². The molecule has 152 valence electrons. The van der Waals surface area contributed by atoms with Gasteiger partial charge in [0.1, 0.15) is 5.54 Å². The lowest BCUT2D eigenvalue weighted by Gasteiger charge is -2.24. The van der Waals surface area contributed by atoms with Gasteiger partial charge in [-0.05, 0) is 30.0 Å². The van der Waals surface area contributed by atoms with Crippen LogP contribution in [-0.4, -0.2) is 23.0 Å². The fourth-order valence-electron chi connectivity index (χ4n) is 4.58. The molecular weight excluding hydrogens is 370 g/mol. The predicted octanol–water partition coefficient (Wildman–Crippen LogP) is 5.71. The van der Waals surface area contributed by atoms with Gasteiger partial charge in [-0.25, -0.2) is 4.79 Å². The van der Waals surface area contributed by atoms with Gasteiger partial charge in [-0.3, -0.25) is 4.90 Å². The van der Waals surface area contributed by atoms with E-state index in [0.29, 0.717) is 13.0 Å². The minimum Gasteiger partial charge on any atom is -0.465 e. The standard InChI is InChI=1S/C27H27NO2/c1-3-20-27(26(29)30-4-2)25(23-18-12-7-13-19-23)28(27)24(21-14-8-5-9-15-21)22-16-10-6-11-17-22/h3,5-19,24-25H,1,4,20H2,2H3/t25-,27-,28?/m1/s1. The van der Waals surface area contributed by atoms with Crippen molar-refractivity contribution in [2.24, 2.45) is 0 Å². The molecule has 1 unspecified atom stereocenters. The molecule has 3 aromatic carbocycles. The summed E-state index contributed by atoms with van der Waals surface area (Å²) in [5, 5.41) is 0. The number of carbonyl (C=O) groups is 1. The van der Waals surface area contributed by atoms with Gasteiger partial charge in [0.25, 0.3) is 0 Å². The van der Waals surface area contributed by atoms with E-state index in [2.05, 4.69) is 47.9 Å². The second-order valence-electron chi connectivity index (χ2n) is 7.58. The third-order valence-electron chi connectivity index (χ3n) is 5.83. The number of esters is 1. The third kappa shape index (κ3) is 3.46. The Morgan fingerprint density at radius 1 is 0.967 bits per heavy atom. The molecule has 0 aliphatic carbocycles. The normalized spacial score (nSPS) is 22.5. The van der Waals surface area contributed by atoms with Crippen LogP contribution in [0.4, 0.5) is 0 Å². The van der Waals surface area contributed by atoms with Crippen LogP contribution in [0.25, 0.3) is 0 Å². The number of carbonyl (C=O) groups excluding carboxylic acids is 1. The second-order valence-corrected chi connectivity index (χ2v) is 7.58. The Morgan fingerprint density at radius 2 is 1.47 bits per heavy atom. The van der Waals surface area contributed by atoms with Crippen LogP contribution in [0.3, 0.4) is 0 Å². The van der Waals surface area contributed by atoms with Gasteiger partial charge >= 0.3 is 5.97 Å². The van der Waals surface area contributed by atoms with Crippen molar-refractivity contribution < 1.29 is 9.53 Å². The molecule has 0 aromatic heterocycles.